The molecule has 0 saturated carbocycles. The molecule has 3 rings (SSSR count). The lowest BCUT2D eigenvalue weighted by Crippen LogP contribution is -2.40. The molecule has 1 aromatic heterocycles. The van der Waals surface area contributed by atoms with Gasteiger partial charge in [-0.3, -0.25) is 4.98 Å². The maximum absolute atomic E-state index is 12.8. The summed E-state index contributed by atoms with van der Waals surface area (Å²) in [5.74, 6) is 0. The zero-order valence-corrected chi connectivity index (χ0v) is 13.7. The third kappa shape index (κ3) is 3.74. The van der Waals surface area contributed by atoms with Gasteiger partial charge < -0.3 is 15.3 Å². The van der Waals surface area contributed by atoms with Crippen molar-refractivity contribution in [1.29, 1.82) is 0 Å². The van der Waals surface area contributed by atoms with E-state index in [9.17, 15) is 9.90 Å². The Kier molecular flexibility index (Phi) is 5.43. The first-order valence-corrected chi connectivity index (χ1v) is 8.46. The topological polar surface area (TPSA) is 65.5 Å². The summed E-state index contributed by atoms with van der Waals surface area (Å²) >= 11 is 0. The van der Waals surface area contributed by atoms with Crippen LogP contribution in [0.15, 0.2) is 48.8 Å². The summed E-state index contributed by atoms with van der Waals surface area (Å²) in [7, 11) is 0. The lowest BCUT2D eigenvalue weighted by Gasteiger charge is -2.36. The molecule has 2 N–H and O–H groups in total. The first kappa shape index (κ1) is 16.5. The van der Waals surface area contributed by atoms with E-state index in [-0.39, 0.29) is 18.7 Å². The number of aromatic nitrogens is 1. The second-order valence-corrected chi connectivity index (χ2v) is 6.04. The number of rotatable bonds is 5. The second-order valence-electron chi connectivity index (χ2n) is 6.04. The third-order valence-electron chi connectivity index (χ3n) is 4.46. The SMILES string of the molecule is O=C(Nc1ccncc1)N(CCCO)C1CCCc2ccccc21. The van der Waals surface area contributed by atoms with Gasteiger partial charge in [0.2, 0.25) is 0 Å². The minimum atomic E-state index is -0.128. The number of carbonyl (C=O) groups is 1. The number of aliphatic hydroxyl groups excluding tert-OH is 1. The normalized spacial score (nSPS) is 16.3. The summed E-state index contributed by atoms with van der Waals surface area (Å²) in [6, 6.07) is 11.8. The summed E-state index contributed by atoms with van der Waals surface area (Å²) in [5.41, 5.74) is 3.28. The molecule has 5 heteroatoms. The Hall–Kier alpha value is -2.40. The molecule has 5 nitrogen and oxygen atoms in total. The summed E-state index contributed by atoms with van der Waals surface area (Å²) in [5, 5.41) is 12.2. The summed E-state index contributed by atoms with van der Waals surface area (Å²) < 4.78 is 0. The summed E-state index contributed by atoms with van der Waals surface area (Å²) in [6.07, 6.45) is 6.97. The lowest BCUT2D eigenvalue weighted by molar-refractivity contribution is 0.169. The molecule has 1 heterocycles. The highest BCUT2D eigenvalue weighted by atomic mass is 16.3. The number of pyridine rings is 1. The predicted octanol–water partition coefficient (Wildman–Crippen LogP) is 3.38. The molecule has 0 spiro atoms. The molecule has 2 aromatic rings. The van der Waals surface area contributed by atoms with Crippen molar-refractivity contribution in [2.75, 3.05) is 18.5 Å². The van der Waals surface area contributed by atoms with Gasteiger partial charge in [-0.25, -0.2) is 4.79 Å². The second kappa shape index (κ2) is 7.93. The molecule has 1 aliphatic rings. The van der Waals surface area contributed by atoms with Gasteiger partial charge in [-0.05, 0) is 48.9 Å². The van der Waals surface area contributed by atoms with E-state index in [0.717, 1.165) is 24.9 Å². The standard InChI is InChI=1S/C19H23N3O2/c23-14-4-13-22(19(24)21-16-9-11-20-12-10-16)18-8-3-6-15-5-1-2-7-17(15)18/h1-2,5,7,9-12,18,23H,3-4,6,8,13-14H2,(H,20,21,24). The Labute approximate surface area is 142 Å². The smallest absolute Gasteiger partial charge is 0.322 e. The maximum atomic E-state index is 12.8. The molecule has 24 heavy (non-hydrogen) atoms. The summed E-state index contributed by atoms with van der Waals surface area (Å²) in [6.45, 7) is 0.611. The van der Waals surface area contributed by atoms with Crippen LogP contribution in [0.4, 0.5) is 10.5 Å². The van der Waals surface area contributed by atoms with Crippen LogP contribution in [0.25, 0.3) is 0 Å². The molecule has 1 aromatic carbocycles. The van der Waals surface area contributed by atoms with E-state index >= 15 is 0 Å². The van der Waals surface area contributed by atoms with Crippen LogP contribution in [0.3, 0.4) is 0 Å². The number of nitrogens with one attached hydrogen (secondary N) is 1. The highest BCUT2D eigenvalue weighted by molar-refractivity contribution is 5.89. The van der Waals surface area contributed by atoms with Crippen LogP contribution in [-0.4, -0.2) is 34.2 Å². The fraction of sp³-hybridized carbons (Fsp3) is 0.368. The Morgan fingerprint density at radius 3 is 2.83 bits per heavy atom. The number of fused-ring (bicyclic) bond motifs is 1. The van der Waals surface area contributed by atoms with Gasteiger partial charge in [0, 0.05) is 31.2 Å². The number of hydrogen-bond donors (Lipinski definition) is 2. The van der Waals surface area contributed by atoms with Gasteiger partial charge in [-0.15, -0.1) is 0 Å². The molecule has 0 radical (unpaired) electrons. The number of hydrogen-bond acceptors (Lipinski definition) is 3. The van der Waals surface area contributed by atoms with Crippen LogP contribution >= 0.6 is 0 Å². The van der Waals surface area contributed by atoms with Crippen LogP contribution in [0.5, 0.6) is 0 Å². The fourth-order valence-electron chi connectivity index (χ4n) is 3.32. The quantitative estimate of drug-likeness (QED) is 0.886. The molecule has 126 valence electrons. The van der Waals surface area contributed by atoms with Gasteiger partial charge in [0.1, 0.15) is 0 Å². The Balaban J connectivity index is 1.83. The molecular formula is C19H23N3O2. The molecule has 1 aliphatic carbocycles. The van der Waals surface area contributed by atoms with Crippen LogP contribution < -0.4 is 5.32 Å². The largest absolute Gasteiger partial charge is 0.396 e. The molecule has 2 amide bonds. The van der Waals surface area contributed by atoms with Crippen molar-refractivity contribution >= 4 is 11.7 Å². The Morgan fingerprint density at radius 1 is 1.25 bits per heavy atom. The van der Waals surface area contributed by atoms with Crippen LogP contribution in [0.2, 0.25) is 0 Å². The number of nitrogens with zero attached hydrogens (tertiary/aromatic N) is 2. The monoisotopic (exact) mass is 325 g/mol. The van der Waals surface area contributed by atoms with Gasteiger partial charge in [0.05, 0.1) is 6.04 Å². The number of benzene rings is 1. The molecule has 0 saturated heterocycles. The third-order valence-corrected chi connectivity index (χ3v) is 4.46. The number of urea groups is 1. The highest BCUT2D eigenvalue weighted by Crippen LogP contribution is 2.34. The van der Waals surface area contributed by atoms with Crippen molar-refractivity contribution < 1.29 is 9.90 Å². The zero-order valence-electron chi connectivity index (χ0n) is 13.7. The molecule has 0 aliphatic heterocycles. The van der Waals surface area contributed by atoms with E-state index in [4.69, 9.17) is 0 Å². The van der Waals surface area contributed by atoms with Crippen molar-refractivity contribution in [2.45, 2.75) is 31.7 Å². The minimum Gasteiger partial charge on any atom is -0.396 e. The van der Waals surface area contributed by atoms with Gasteiger partial charge in [0.15, 0.2) is 0 Å². The Morgan fingerprint density at radius 2 is 2.04 bits per heavy atom. The Bertz CT molecular complexity index is 675. The summed E-state index contributed by atoms with van der Waals surface area (Å²) in [4.78, 5) is 18.7. The van der Waals surface area contributed by atoms with E-state index in [2.05, 4.69) is 28.5 Å². The van der Waals surface area contributed by atoms with E-state index in [0.29, 0.717) is 13.0 Å². The van der Waals surface area contributed by atoms with E-state index < -0.39 is 0 Å². The average Bonchev–Trinajstić information content (AvgIpc) is 2.63. The first-order chi connectivity index (χ1) is 11.8. The van der Waals surface area contributed by atoms with Crippen molar-refractivity contribution in [1.82, 2.24) is 9.88 Å². The van der Waals surface area contributed by atoms with Gasteiger partial charge in [-0.1, -0.05) is 24.3 Å². The van der Waals surface area contributed by atoms with Crippen molar-refractivity contribution in [2.24, 2.45) is 0 Å². The van der Waals surface area contributed by atoms with Crippen LogP contribution in [0.1, 0.15) is 36.4 Å². The fourth-order valence-corrected chi connectivity index (χ4v) is 3.32. The molecule has 0 bridgehead atoms. The van der Waals surface area contributed by atoms with Gasteiger partial charge in [0.25, 0.3) is 0 Å². The van der Waals surface area contributed by atoms with E-state index in [1.54, 1.807) is 24.5 Å². The van der Waals surface area contributed by atoms with E-state index in [1.807, 2.05) is 11.0 Å². The van der Waals surface area contributed by atoms with Crippen LogP contribution in [0, 0.1) is 0 Å². The maximum Gasteiger partial charge on any atom is 0.322 e. The molecule has 0 fully saturated rings. The van der Waals surface area contributed by atoms with Gasteiger partial charge in [-0.2, -0.15) is 0 Å². The number of carbonyl (C=O) groups excluding carboxylic acids is 1. The highest BCUT2D eigenvalue weighted by Gasteiger charge is 2.28. The number of aliphatic hydroxyl groups is 1. The number of aryl methyl sites for hydroxylation is 1. The van der Waals surface area contributed by atoms with Gasteiger partial charge >= 0.3 is 6.03 Å². The van der Waals surface area contributed by atoms with Crippen LogP contribution in [-0.2, 0) is 6.42 Å². The van der Waals surface area contributed by atoms with E-state index in [1.165, 1.54) is 11.1 Å². The average molecular weight is 325 g/mol. The zero-order chi connectivity index (χ0) is 16.8. The lowest BCUT2D eigenvalue weighted by atomic mass is 9.87. The van der Waals surface area contributed by atoms with Crippen molar-refractivity contribution in [3.63, 3.8) is 0 Å². The minimum absolute atomic E-state index is 0.0586. The molecule has 1 atom stereocenters. The number of anilines is 1. The van der Waals surface area contributed by atoms with Crippen molar-refractivity contribution in [3.05, 3.63) is 59.9 Å². The number of amides is 2. The molecular weight excluding hydrogens is 302 g/mol. The van der Waals surface area contributed by atoms with Crippen molar-refractivity contribution in [3.8, 4) is 0 Å². The predicted molar refractivity (Wildman–Crippen MR) is 93.8 cm³/mol. The molecule has 1 unspecified atom stereocenters. The first-order valence-electron chi connectivity index (χ1n) is 8.46.